The maximum absolute atomic E-state index is 12.7. The third-order valence-corrected chi connectivity index (χ3v) is 4.52. The predicted molar refractivity (Wildman–Crippen MR) is 109 cm³/mol. The Kier molecular flexibility index (Phi) is 6.07. The van der Waals surface area contributed by atoms with Gasteiger partial charge in [0.1, 0.15) is 29.6 Å². The number of amides is 1. The molecule has 0 fully saturated rings. The number of fused-ring (bicyclic) bond motifs is 1. The minimum absolute atomic E-state index is 0.0487. The molecule has 0 aliphatic carbocycles. The first-order valence-corrected chi connectivity index (χ1v) is 9.09. The number of nitrogens with two attached hydrogens (primary N) is 1. The predicted octanol–water partition coefficient (Wildman–Crippen LogP) is 2.03. The van der Waals surface area contributed by atoms with Gasteiger partial charge in [-0.2, -0.15) is 5.26 Å². The third-order valence-electron chi connectivity index (χ3n) is 4.22. The van der Waals surface area contributed by atoms with Crippen molar-refractivity contribution in [2.24, 2.45) is 0 Å². The average molecular weight is 412 g/mol. The Hall–Kier alpha value is -3.48. The second-order valence-corrected chi connectivity index (χ2v) is 6.58. The second kappa shape index (κ2) is 8.68. The lowest BCUT2D eigenvalue weighted by molar-refractivity contribution is 0.0943. The van der Waals surface area contributed by atoms with E-state index in [1.54, 1.807) is 31.2 Å². The van der Waals surface area contributed by atoms with Crippen LogP contribution in [0.4, 0.5) is 11.6 Å². The number of para-hydroxylation sites is 1. The van der Waals surface area contributed by atoms with Gasteiger partial charge in [-0.1, -0.05) is 23.7 Å². The summed E-state index contributed by atoms with van der Waals surface area (Å²) in [5.74, 6) is -0.109. The van der Waals surface area contributed by atoms with E-state index in [1.807, 2.05) is 6.07 Å². The molecule has 3 aromatic rings. The van der Waals surface area contributed by atoms with Crippen molar-refractivity contribution < 1.29 is 9.90 Å². The van der Waals surface area contributed by atoms with Gasteiger partial charge in [0.15, 0.2) is 0 Å². The van der Waals surface area contributed by atoms with Crippen LogP contribution in [0.5, 0.6) is 0 Å². The molecule has 0 spiro atoms. The van der Waals surface area contributed by atoms with Gasteiger partial charge in [-0.15, -0.1) is 0 Å². The topological polar surface area (TPSA) is 150 Å². The van der Waals surface area contributed by atoms with Crippen molar-refractivity contribution >= 4 is 40.0 Å². The van der Waals surface area contributed by atoms with Gasteiger partial charge in [0.25, 0.3) is 5.91 Å². The molecule has 0 radical (unpaired) electrons. The zero-order valence-electron chi connectivity index (χ0n) is 15.5. The Morgan fingerprint density at radius 1 is 1.41 bits per heavy atom. The fourth-order valence-electron chi connectivity index (χ4n) is 2.85. The smallest absolute Gasteiger partial charge is 0.253 e. The Morgan fingerprint density at radius 3 is 2.93 bits per heavy atom. The van der Waals surface area contributed by atoms with Gasteiger partial charge in [-0.05, 0) is 19.1 Å². The van der Waals surface area contributed by atoms with Crippen LogP contribution < -0.4 is 16.4 Å². The Balaban J connectivity index is 2.08. The lowest BCUT2D eigenvalue weighted by Crippen LogP contribution is -2.28. The molecule has 3 rings (SSSR count). The van der Waals surface area contributed by atoms with E-state index in [-0.39, 0.29) is 36.3 Å². The van der Waals surface area contributed by atoms with E-state index in [9.17, 15) is 10.1 Å². The minimum atomic E-state index is -0.521. The maximum atomic E-state index is 12.7. The molecule has 2 heterocycles. The van der Waals surface area contributed by atoms with Crippen molar-refractivity contribution in [1.29, 1.82) is 5.26 Å². The summed E-state index contributed by atoms with van der Waals surface area (Å²) in [5, 5.41) is 25.2. The number of aliphatic hydroxyl groups is 1. The molecule has 1 amide bonds. The Bertz CT molecular complexity index is 1110. The number of benzene rings is 1. The number of hydrogen-bond acceptors (Lipinski definition) is 8. The van der Waals surface area contributed by atoms with E-state index >= 15 is 0 Å². The van der Waals surface area contributed by atoms with Crippen molar-refractivity contribution in [3.63, 3.8) is 0 Å². The summed E-state index contributed by atoms with van der Waals surface area (Å²) in [5.41, 5.74) is 7.10. The highest BCUT2D eigenvalue weighted by Gasteiger charge is 2.21. The summed E-state index contributed by atoms with van der Waals surface area (Å²) in [7, 11) is 0. The molecule has 0 saturated carbocycles. The highest BCUT2D eigenvalue weighted by molar-refractivity contribution is 6.35. The molecule has 148 valence electrons. The number of halogens is 1. The van der Waals surface area contributed by atoms with Crippen LogP contribution in [0.1, 0.15) is 34.6 Å². The number of hydrogen-bond donors (Lipinski definition) is 4. The van der Waals surface area contributed by atoms with Crippen LogP contribution in [0.2, 0.25) is 5.02 Å². The van der Waals surface area contributed by atoms with Crippen LogP contribution in [0, 0.1) is 11.3 Å². The van der Waals surface area contributed by atoms with Crippen LogP contribution in [-0.4, -0.2) is 39.1 Å². The number of carbonyl (C=O) groups is 1. The summed E-state index contributed by atoms with van der Waals surface area (Å²) in [6, 6.07) is 8.42. The van der Waals surface area contributed by atoms with Gasteiger partial charge in [-0.3, -0.25) is 4.79 Å². The number of rotatable bonds is 6. The molecule has 5 N–H and O–H groups in total. The quantitative estimate of drug-likeness (QED) is 0.481. The van der Waals surface area contributed by atoms with Gasteiger partial charge in [0, 0.05) is 11.9 Å². The number of nitrogen functional groups attached to an aromatic ring is 1. The normalized spacial score (nSPS) is 11.7. The average Bonchev–Trinajstić information content (AvgIpc) is 2.71. The maximum Gasteiger partial charge on any atom is 0.253 e. The molecule has 0 aliphatic heterocycles. The zero-order chi connectivity index (χ0) is 21.0. The highest BCUT2D eigenvalue weighted by Crippen LogP contribution is 2.29. The van der Waals surface area contributed by atoms with Crippen LogP contribution in [0.3, 0.4) is 0 Å². The molecular weight excluding hydrogens is 394 g/mol. The fraction of sp³-hybridized carbons (Fsp3) is 0.211. The Labute approximate surface area is 171 Å². The summed E-state index contributed by atoms with van der Waals surface area (Å²) < 4.78 is 0. The summed E-state index contributed by atoms with van der Waals surface area (Å²) in [6.45, 7) is 1.69. The van der Waals surface area contributed by atoms with E-state index in [1.165, 1.54) is 6.33 Å². The van der Waals surface area contributed by atoms with Gasteiger partial charge < -0.3 is 21.5 Å². The number of anilines is 2. The summed E-state index contributed by atoms with van der Waals surface area (Å²) in [4.78, 5) is 25.1. The van der Waals surface area contributed by atoms with Crippen molar-refractivity contribution in [2.75, 3.05) is 24.2 Å². The molecule has 10 heteroatoms. The van der Waals surface area contributed by atoms with Crippen LogP contribution in [0.15, 0.2) is 30.6 Å². The number of aliphatic hydroxyl groups excluding tert-OH is 1. The van der Waals surface area contributed by atoms with Gasteiger partial charge >= 0.3 is 0 Å². The first-order chi connectivity index (χ1) is 14.0. The van der Waals surface area contributed by atoms with Crippen molar-refractivity contribution in [2.45, 2.75) is 13.0 Å². The van der Waals surface area contributed by atoms with Gasteiger partial charge in [-0.25, -0.2) is 15.0 Å². The number of pyridine rings is 1. The number of carbonyl (C=O) groups excluding carboxylic acids is 1. The van der Waals surface area contributed by atoms with E-state index < -0.39 is 6.04 Å². The van der Waals surface area contributed by atoms with Crippen molar-refractivity contribution in [1.82, 2.24) is 20.3 Å². The fourth-order valence-corrected chi connectivity index (χ4v) is 3.07. The van der Waals surface area contributed by atoms with Crippen molar-refractivity contribution in [3.05, 3.63) is 52.4 Å². The highest BCUT2D eigenvalue weighted by atomic mass is 35.5. The monoisotopic (exact) mass is 411 g/mol. The van der Waals surface area contributed by atoms with Crippen LogP contribution >= 0.6 is 11.6 Å². The first-order valence-electron chi connectivity index (χ1n) is 8.71. The molecule has 1 unspecified atom stereocenters. The van der Waals surface area contributed by atoms with Crippen LogP contribution in [0.25, 0.3) is 10.9 Å². The second-order valence-electron chi connectivity index (χ2n) is 6.17. The molecule has 1 aromatic carbocycles. The molecule has 1 atom stereocenters. The summed E-state index contributed by atoms with van der Waals surface area (Å²) in [6.07, 6.45) is 1.24. The minimum Gasteiger partial charge on any atom is -0.395 e. The van der Waals surface area contributed by atoms with Crippen LogP contribution in [-0.2, 0) is 0 Å². The molecule has 0 bridgehead atoms. The lowest BCUT2D eigenvalue weighted by Gasteiger charge is -2.19. The third kappa shape index (κ3) is 4.18. The molecule has 29 heavy (non-hydrogen) atoms. The van der Waals surface area contributed by atoms with E-state index in [0.29, 0.717) is 27.2 Å². The van der Waals surface area contributed by atoms with E-state index in [2.05, 4.69) is 25.6 Å². The molecule has 0 saturated heterocycles. The molecule has 2 aromatic heterocycles. The van der Waals surface area contributed by atoms with Gasteiger partial charge in [0.2, 0.25) is 0 Å². The largest absolute Gasteiger partial charge is 0.395 e. The summed E-state index contributed by atoms with van der Waals surface area (Å²) >= 11 is 6.28. The zero-order valence-corrected chi connectivity index (χ0v) is 16.2. The number of nitrogens with one attached hydrogen (secondary N) is 2. The Morgan fingerprint density at radius 2 is 2.21 bits per heavy atom. The van der Waals surface area contributed by atoms with E-state index in [4.69, 9.17) is 22.4 Å². The molecular formula is C19H18ClN7O2. The number of nitriles is 1. The van der Waals surface area contributed by atoms with Crippen molar-refractivity contribution in [3.8, 4) is 6.07 Å². The SMILES string of the molecule is CC(Nc1ncnc(N)c1C#N)c1nc2c(Cl)cccc2cc1C(=O)NCCO. The lowest BCUT2D eigenvalue weighted by atomic mass is 10.0. The number of nitrogens with zero attached hydrogens (tertiary/aromatic N) is 4. The molecule has 9 nitrogen and oxygen atoms in total. The molecule has 0 aliphatic rings. The van der Waals surface area contributed by atoms with E-state index in [0.717, 1.165) is 0 Å². The van der Waals surface area contributed by atoms with Gasteiger partial charge in [0.05, 0.1) is 34.4 Å². The standard InChI is InChI=1S/C19H18ClN7O2/c1-10(26-18-13(8-21)17(22)24-9-25-18)15-12(19(29)23-5-6-28)7-11-3-2-4-14(20)16(11)27-15/h2-4,7,9-10,28H,5-6H2,1H3,(H,23,29)(H3,22,24,25,26). The first kappa shape index (κ1) is 20.3. The number of aromatic nitrogens is 3.